The molecule has 0 saturated carbocycles. The van der Waals surface area contributed by atoms with Crippen LogP contribution in [-0.2, 0) is 6.54 Å². The van der Waals surface area contributed by atoms with Gasteiger partial charge in [-0.1, -0.05) is 30.3 Å². The van der Waals surface area contributed by atoms with Crippen molar-refractivity contribution in [2.24, 2.45) is 0 Å². The van der Waals surface area contributed by atoms with Gasteiger partial charge in [-0.2, -0.15) is 0 Å². The highest BCUT2D eigenvalue weighted by atomic mass is 79.9. The number of halogens is 1. The monoisotopic (exact) mass is 307 g/mol. The molecule has 0 bridgehead atoms. The molecule has 0 radical (unpaired) electrons. The van der Waals surface area contributed by atoms with Gasteiger partial charge >= 0.3 is 0 Å². The van der Waals surface area contributed by atoms with E-state index in [0.717, 1.165) is 16.7 Å². The van der Waals surface area contributed by atoms with Gasteiger partial charge in [-0.3, -0.25) is 0 Å². The average Bonchev–Trinajstić information content (AvgIpc) is 2.37. The lowest BCUT2D eigenvalue weighted by Gasteiger charge is -2.15. The predicted molar refractivity (Wildman–Crippen MR) is 75.7 cm³/mol. The van der Waals surface area contributed by atoms with Crippen molar-refractivity contribution in [1.29, 1.82) is 0 Å². The number of phenolic OH excluding ortho intramolecular Hbond substituents is 2. The van der Waals surface area contributed by atoms with Crippen molar-refractivity contribution < 1.29 is 10.2 Å². The molecule has 2 aromatic rings. The summed E-state index contributed by atoms with van der Waals surface area (Å²) in [7, 11) is 1.82. The third-order valence-corrected chi connectivity index (χ3v) is 3.62. The van der Waals surface area contributed by atoms with Gasteiger partial charge in [0.2, 0.25) is 0 Å². The lowest BCUT2D eigenvalue weighted by molar-refractivity contribution is 0.448. The van der Waals surface area contributed by atoms with Crippen LogP contribution in [0.4, 0.5) is 0 Å². The van der Waals surface area contributed by atoms with Crippen LogP contribution < -0.4 is 5.32 Å². The second-order valence-corrected chi connectivity index (χ2v) is 4.77. The fourth-order valence-corrected chi connectivity index (χ4v) is 2.41. The number of benzene rings is 2. The topological polar surface area (TPSA) is 52.5 Å². The highest BCUT2D eigenvalue weighted by molar-refractivity contribution is 9.10. The molecule has 3 N–H and O–H groups in total. The van der Waals surface area contributed by atoms with Crippen LogP contribution in [0.1, 0.15) is 5.56 Å². The standard InChI is InChI=1S/C14H14BrNO2/c1-16-8-10-13(9-5-3-2-4-6-9)11(17)7-12(18)14(10)15/h2-7,16-18H,8H2,1H3. The molecule has 2 aromatic carbocycles. The Bertz CT molecular complexity index is 555. The Morgan fingerprint density at radius 2 is 1.78 bits per heavy atom. The zero-order chi connectivity index (χ0) is 13.1. The number of aromatic hydroxyl groups is 2. The maximum atomic E-state index is 10.1. The second kappa shape index (κ2) is 5.42. The summed E-state index contributed by atoms with van der Waals surface area (Å²) in [6.45, 7) is 0.548. The molecule has 0 aliphatic carbocycles. The Balaban J connectivity index is 2.69. The lowest BCUT2D eigenvalue weighted by Crippen LogP contribution is -2.07. The molecule has 0 saturated heterocycles. The zero-order valence-electron chi connectivity index (χ0n) is 9.94. The summed E-state index contributed by atoms with van der Waals surface area (Å²) >= 11 is 3.36. The summed E-state index contributed by atoms with van der Waals surface area (Å²) < 4.78 is 0.605. The molecule has 0 unspecified atom stereocenters. The van der Waals surface area contributed by atoms with E-state index in [2.05, 4.69) is 21.2 Å². The quantitative estimate of drug-likeness (QED) is 0.816. The first kappa shape index (κ1) is 12.9. The smallest absolute Gasteiger partial charge is 0.133 e. The largest absolute Gasteiger partial charge is 0.507 e. The number of phenols is 2. The minimum atomic E-state index is 0.0393. The van der Waals surface area contributed by atoms with Crippen LogP contribution in [0.2, 0.25) is 0 Å². The van der Waals surface area contributed by atoms with Crippen molar-refractivity contribution in [3.05, 3.63) is 46.4 Å². The lowest BCUT2D eigenvalue weighted by atomic mass is 9.98. The van der Waals surface area contributed by atoms with E-state index >= 15 is 0 Å². The number of hydrogen-bond acceptors (Lipinski definition) is 3. The Morgan fingerprint density at radius 3 is 2.39 bits per heavy atom. The van der Waals surface area contributed by atoms with Crippen molar-refractivity contribution in [2.45, 2.75) is 6.54 Å². The summed E-state index contributed by atoms with van der Waals surface area (Å²) in [4.78, 5) is 0. The molecule has 0 spiro atoms. The van der Waals surface area contributed by atoms with Gasteiger partial charge in [0.15, 0.2) is 0 Å². The number of rotatable bonds is 3. The zero-order valence-corrected chi connectivity index (χ0v) is 11.5. The Kier molecular flexibility index (Phi) is 3.89. The average molecular weight is 308 g/mol. The van der Waals surface area contributed by atoms with Crippen LogP contribution in [-0.4, -0.2) is 17.3 Å². The summed E-state index contributed by atoms with van der Waals surface area (Å²) in [6.07, 6.45) is 0. The SMILES string of the molecule is CNCc1c(Br)c(O)cc(O)c1-c1ccccc1. The van der Waals surface area contributed by atoms with E-state index in [1.54, 1.807) is 0 Å². The van der Waals surface area contributed by atoms with Gasteiger partial charge < -0.3 is 15.5 Å². The van der Waals surface area contributed by atoms with Crippen LogP contribution >= 0.6 is 15.9 Å². The van der Waals surface area contributed by atoms with Crippen LogP contribution in [0.25, 0.3) is 11.1 Å². The van der Waals surface area contributed by atoms with Gasteiger partial charge in [0, 0.05) is 18.2 Å². The van der Waals surface area contributed by atoms with Gasteiger partial charge in [-0.05, 0) is 34.1 Å². The summed E-state index contributed by atoms with van der Waals surface area (Å²) in [5, 5.41) is 22.8. The van der Waals surface area contributed by atoms with Crippen molar-refractivity contribution >= 4 is 15.9 Å². The Hall–Kier alpha value is -1.52. The van der Waals surface area contributed by atoms with Crippen molar-refractivity contribution in [1.82, 2.24) is 5.32 Å². The fraction of sp³-hybridized carbons (Fsp3) is 0.143. The van der Waals surface area contributed by atoms with Gasteiger partial charge in [-0.15, -0.1) is 0 Å². The summed E-state index contributed by atoms with van der Waals surface area (Å²) in [6, 6.07) is 11.0. The summed E-state index contributed by atoms with van der Waals surface area (Å²) in [5.41, 5.74) is 2.48. The highest BCUT2D eigenvalue weighted by Crippen LogP contribution is 2.41. The molecule has 0 aliphatic rings. The molecule has 0 aliphatic heterocycles. The van der Waals surface area contributed by atoms with E-state index in [9.17, 15) is 10.2 Å². The fourth-order valence-electron chi connectivity index (χ4n) is 1.95. The van der Waals surface area contributed by atoms with E-state index in [0.29, 0.717) is 11.0 Å². The molecule has 0 aromatic heterocycles. The van der Waals surface area contributed by atoms with Gasteiger partial charge in [0.05, 0.1) is 4.47 Å². The summed E-state index contributed by atoms with van der Waals surface area (Å²) in [5.74, 6) is 0.115. The molecule has 0 fully saturated rings. The van der Waals surface area contributed by atoms with Gasteiger partial charge in [0.25, 0.3) is 0 Å². The highest BCUT2D eigenvalue weighted by Gasteiger charge is 2.16. The predicted octanol–water partition coefficient (Wildman–Crippen LogP) is 3.25. The Labute approximate surface area is 114 Å². The first-order chi connectivity index (χ1) is 8.65. The third-order valence-electron chi connectivity index (χ3n) is 2.74. The maximum Gasteiger partial charge on any atom is 0.133 e. The van der Waals surface area contributed by atoms with E-state index in [4.69, 9.17) is 0 Å². The molecule has 0 atom stereocenters. The first-order valence-electron chi connectivity index (χ1n) is 5.58. The molecule has 4 heteroatoms. The van der Waals surface area contributed by atoms with E-state index in [-0.39, 0.29) is 11.5 Å². The van der Waals surface area contributed by atoms with E-state index < -0.39 is 0 Å². The second-order valence-electron chi connectivity index (χ2n) is 3.98. The third kappa shape index (κ3) is 2.35. The molecular weight excluding hydrogens is 294 g/mol. The van der Waals surface area contributed by atoms with Crippen LogP contribution in [0.5, 0.6) is 11.5 Å². The minimum Gasteiger partial charge on any atom is -0.507 e. The Morgan fingerprint density at radius 1 is 1.11 bits per heavy atom. The molecule has 0 heterocycles. The number of nitrogens with one attached hydrogen (secondary N) is 1. The number of hydrogen-bond donors (Lipinski definition) is 3. The normalized spacial score (nSPS) is 10.6. The van der Waals surface area contributed by atoms with Crippen LogP contribution in [0.3, 0.4) is 0 Å². The molecular formula is C14H14BrNO2. The first-order valence-corrected chi connectivity index (χ1v) is 6.37. The molecule has 94 valence electrons. The van der Waals surface area contributed by atoms with Crippen molar-refractivity contribution in [2.75, 3.05) is 7.05 Å². The van der Waals surface area contributed by atoms with Crippen molar-refractivity contribution in [3.63, 3.8) is 0 Å². The molecule has 2 rings (SSSR count). The minimum absolute atomic E-state index is 0.0393. The van der Waals surface area contributed by atoms with Crippen LogP contribution in [0, 0.1) is 0 Å². The molecule has 3 nitrogen and oxygen atoms in total. The van der Waals surface area contributed by atoms with Crippen molar-refractivity contribution in [3.8, 4) is 22.6 Å². The van der Waals surface area contributed by atoms with Gasteiger partial charge in [0.1, 0.15) is 11.5 Å². The van der Waals surface area contributed by atoms with Crippen LogP contribution in [0.15, 0.2) is 40.9 Å². The molecule has 18 heavy (non-hydrogen) atoms. The molecule has 0 amide bonds. The van der Waals surface area contributed by atoms with Gasteiger partial charge in [-0.25, -0.2) is 0 Å². The maximum absolute atomic E-state index is 10.1. The van der Waals surface area contributed by atoms with E-state index in [1.807, 2.05) is 37.4 Å². The van der Waals surface area contributed by atoms with E-state index in [1.165, 1.54) is 6.07 Å².